The monoisotopic (exact) mass is 439 g/mol. The van der Waals surface area contributed by atoms with E-state index in [1.54, 1.807) is 6.07 Å². The Labute approximate surface area is 187 Å². The lowest BCUT2D eigenvalue weighted by atomic mass is 9.91. The maximum Gasteiger partial charge on any atom is 0.213 e. The number of ether oxygens (including phenoxy) is 1. The van der Waals surface area contributed by atoms with Gasteiger partial charge in [0.15, 0.2) is 11.4 Å². The Kier molecular flexibility index (Phi) is 5.97. The minimum Gasteiger partial charge on any atom is -0.477 e. The van der Waals surface area contributed by atoms with Gasteiger partial charge in [0.25, 0.3) is 0 Å². The summed E-state index contributed by atoms with van der Waals surface area (Å²) < 4.78 is 25.1. The molecule has 0 saturated carbocycles. The zero-order valence-corrected chi connectivity index (χ0v) is 18.7. The van der Waals surface area contributed by atoms with Crippen molar-refractivity contribution < 1.29 is 13.7 Å². The molecule has 2 aliphatic rings. The van der Waals surface area contributed by atoms with Gasteiger partial charge in [-0.1, -0.05) is 11.2 Å². The molecule has 170 valence electrons. The highest BCUT2D eigenvalue weighted by molar-refractivity contribution is 5.88. The molecule has 8 heteroatoms. The van der Waals surface area contributed by atoms with Gasteiger partial charge in [-0.2, -0.15) is 0 Å². The number of fused-ring (bicyclic) bond motifs is 2. The molecule has 4 heterocycles. The highest BCUT2D eigenvalue weighted by Crippen LogP contribution is 2.31. The first-order chi connectivity index (χ1) is 15.5. The minimum atomic E-state index is -0.261. The summed E-state index contributed by atoms with van der Waals surface area (Å²) in [5, 5.41) is 4.99. The van der Waals surface area contributed by atoms with Gasteiger partial charge in [0, 0.05) is 56.9 Å². The molecule has 2 fully saturated rings. The molecule has 0 bridgehead atoms. The second-order valence-electron chi connectivity index (χ2n) is 9.24. The third-order valence-corrected chi connectivity index (χ3v) is 6.48. The third kappa shape index (κ3) is 4.56. The quantitative estimate of drug-likeness (QED) is 0.583. The summed E-state index contributed by atoms with van der Waals surface area (Å²) in [5.74, 6) is 1.70. The molecular weight excluding hydrogens is 409 g/mol. The fraction of sp³-hybridized carbons (Fsp3) is 0.500. The first-order valence-electron chi connectivity index (χ1n) is 11.3. The van der Waals surface area contributed by atoms with E-state index >= 15 is 0 Å². The molecule has 7 nitrogen and oxygen atoms in total. The van der Waals surface area contributed by atoms with Crippen LogP contribution in [0.15, 0.2) is 41.1 Å². The van der Waals surface area contributed by atoms with Gasteiger partial charge in [-0.3, -0.25) is 4.90 Å². The van der Waals surface area contributed by atoms with E-state index in [1.165, 1.54) is 17.7 Å². The normalized spacial score (nSPS) is 21.8. The van der Waals surface area contributed by atoms with Gasteiger partial charge in [0.2, 0.25) is 5.88 Å². The van der Waals surface area contributed by atoms with Crippen molar-refractivity contribution in [2.75, 3.05) is 51.8 Å². The summed E-state index contributed by atoms with van der Waals surface area (Å²) in [4.78, 5) is 11.4. The lowest BCUT2D eigenvalue weighted by Gasteiger charge is -2.46. The highest BCUT2D eigenvalue weighted by atomic mass is 19.1. The fourth-order valence-electron chi connectivity index (χ4n) is 4.87. The van der Waals surface area contributed by atoms with E-state index in [0.29, 0.717) is 30.0 Å². The molecule has 5 rings (SSSR count). The predicted molar refractivity (Wildman–Crippen MR) is 121 cm³/mol. The topological polar surface area (TPSA) is 57.9 Å². The van der Waals surface area contributed by atoms with Crippen molar-refractivity contribution in [3.8, 4) is 5.88 Å². The zero-order valence-electron chi connectivity index (χ0n) is 18.7. The Balaban J connectivity index is 1.15. The lowest BCUT2D eigenvalue weighted by Crippen LogP contribution is -2.57. The van der Waals surface area contributed by atoms with Crippen LogP contribution >= 0.6 is 0 Å². The Hall–Kier alpha value is -2.71. The first-order valence-corrected chi connectivity index (χ1v) is 11.3. The summed E-state index contributed by atoms with van der Waals surface area (Å²) in [6.45, 7) is 5.31. The van der Waals surface area contributed by atoms with Crippen molar-refractivity contribution >= 4 is 16.8 Å². The molecule has 3 aromatic rings. The van der Waals surface area contributed by atoms with Gasteiger partial charge in [0.05, 0.1) is 12.0 Å². The van der Waals surface area contributed by atoms with Gasteiger partial charge >= 0.3 is 0 Å². The minimum absolute atomic E-state index is 0.261. The molecule has 0 aliphatic carbocycles. The molecule has 0 amide bonds. The van der Waals surface area contributed by atoms with Gasteiger partial charge < -0.3 is 19.1 Å². The van der Waals surface area contributed by atoms with E-state index in [4.69, 9.17) is 9.26 Å². The Morgan fingerprint density at radius 3 is 2.88 bits per heavy atom. The van der Waals surface area contributed by atoms with Crippen LogP contribution in [0.4, 0.5) is 10.2 Å². The number of nitrogens with zero attached hydrogens (tertiary/aromatic N) is 5. The van der Waals surface area contributed by atoms with Crippen molar-refractivity contribution in [2.24, 2.45) is 5.92 Å². The van der Waals surface area contributed by atoms with Crippen molar-refractivity contribution in [1.29, 1.82) is 0 Å². The molecule has 2 aliphatic heterocycles. The van der Waals surface area contributed by atoms with Crippen LogP contribution in [0.3, 0.4) is 0 Å². The molecule has 2 aromatic heterocycles. The standard InChI is InChI=1S/C24H30FN5O2/c1-28(2)13-17-4-8-23(26-12-17)31-16-18-3-6-20-15-30(10-9-29(20)14-18)24-21-11-19(25)5-7-22(21)32-27-24/h4-5,7-8,11-12,18,20H,3,6,9-10,13-16H2,1-2H3. The average Bonchev–Trinajstić information content (AvgIpc) is 3.21. The number of piperazine rings is 1. The Bertz CT molecular complexity index is 1050. The van der Waals surface area contributed by atoms with Crippen LogP contribution in [0, 0.1) is 11.7 Å². The van der Waals surface area contributed by atoms with E-state index in [1.807, 2.05) is 26.4 Å². The van der Waals surface area contributed by atoms with Crippen LogP contribution in [0.25, 0.3) is 11.0 Å². The van der Waals surface area contributed by atoms with Crippen LogP contribution in [0.5, 0.6) is 5.88 Å². The zero-order chi connectivity index (χ0) is 22.1. The SMILES string of the molecule is CN(C)Cc1ccc(OCC2CCC3CN(c4noc5ccc(F)cc45)CCN3C2)nc1. The molecule has 1 aromatic carbocycles. The van der Waals surface area contributed by atoms with Gasteiger partial charge in [-0.25, -0.2) is 9.37 Å². The van der Waals surface area contributed by atoms with Crippen LogP contribution in [0.1, 0.15) is 18.4 Å². The summed E-state index contributed by atoms with van der Waals surface area (Å²) >= 11 is 0. The fourth-order valence-corrected chi connectivity index (χ4v) is 4.87. The first kappa shape index (κ1) is 21.2. The summed E-state index contributed by atoms with van der Waals surface area (Å²) in [7, 11) is 4.10. The van der Waals surface area contributed by atoms with E-state index < -0.39 is 0 Å². The summed E-state index contributed by atoms with van der Waals surface area (Å²) in [6.07, 6.45) is 4.14. The number of rotatable bonds is 6. The average molecular weight is 440 g/mol. The van der Waals surface area contributed by atoms with Gasteiger partial charge in [-0.05, 0) is 50.7 Å². The number of hydrogen-bond acceptors (Lipinski definition) is 7. The van der Waals surface area contributed by atoms with E-state index in [0.717, 1.165) is 56.8 Å². The van der Waals surface area contributed by atoms with Crippen molar-refractivity contribution in [3.05, 3.63) is 47.9 Å². The molecule has 2 saturated heterocycles. The molecule has 0 radical (unpaired) electrons. The third-order valence-electron chi connectivity index (χ3n) is 6.48. The molecule has 0 N–H and O–H groups in total. The molecule has 32 heavy (non-hydrogen) atoms. The van der Waals surface area contributed by atoms with Gasteiger partial charge in [-0.15, -0.1) is 0 Å². The second kappa shape index (κ2) is 9.03. The predicted octanol–water partition coefficient (Wildman–Crippen LogP) is 3.40. The number of benzene rings is 1. The van der Waals surface area contributed by atoms with E-state index in [2.05, 4.69) is 30.9 Å². The smallest absolute Gasteiger partial charge is 0.213 e. The maximum atomic E-state index is 13.7. The number of anilines is 1. The van der Waals surface area contributed by atoms with Crippen molar-refractivity contribution in [3.63, 3.8) is 0 Å². The number of halogens is 1. The van der Waals surface area contributed by atoms with Crippen LogP contribution in [0.2, 0.25) is 0 Å². The molecular formula is C24H30FN5O2. The summed E-state index contributed by atoms with van der Waals surface area (Å²) in [5.41, 5.74) is 1.82. The van der Waals surface area contributed by atoms with E-state index in [-0.39, 0.29) is 5.82 Å². The van der Waals surface area contributed by atoms with Crippen LogP contribution in [-0.4, -0.2) is 72.9 Å². The van der Waals surface area contributed by atoms with Gasteiger partial charge in [0.1, 0.15) is 5.82 Å². The van der Waals surface area contributed by atoms with Crippen molar-refractivity contribution in [2.45, 2.75) is 25.4 Å². The Morgan fingerprint density at radius 2 is 2.06 bits per heavy atom. The number of hydrogen-bond donors (Lipinski definition) is 0. The largest absolute Gasteiger partial charge is 0.477 e. The van der Waals surface area contributed by atoms with Crippen LogP contribution < -0.4 is 9.64 Å². The number of aromatic nitrogens is 2. The van der Waals surface area contributed by atoms with E-state index in [9.17, 15) is 4.39 Å². The highest BCUT2D eigenvalue weighted by Gasteiger charge is 2.34. The molecule has 2 unspecified atom stereocenters. The number of piperidine rings is 1. The molecule has 0 spiro atoms. The van der Waals surface area contributed by atoms with Crippen molar-refractivity contribution in [1.82, 2.24) is 19.9 Å². The summed E-state index contributed by atoms with van der Waals surface area (Å²) in [6, 6.07) is 9.10. The number of pyridine rings is 1. The Morgan fingerprint density at radius 1 is 1.16 bits per heavy atom. The second-order valence-corrected chi connectivity index (χ2v) is 9.24. The maximum absolute atomic E-state index is 13.7. The lowest BCUT2D eigenvalue weighted by molar-refractivity contribution is 0.0716. The van der Waals surface area contributed by atoms with Crippen LogP contribution in [-0.2, 0) is 6.54 Å². The molecule has 2 atom stereocenters.